The molecule has 166 valence electrons. The molecule has 7 nitrogen and oxygen atoms in total. The molecule has 0 aliphatic carbocycles. The van der Waals surface area contributed by atoms with Crippen molar-refractivity contribution in [2.24, 2.45) is 0 Å². The van der Waals surface area contributed by atoms with Crippen LogP contribution < -0.4 is 14.2 Å². The average molecular weight is 460 g/mol. The number of carbonyl (C=O) groups is 1. The lowest BCUT2D eigenvalue weighted by atomic mass is 10.1. The van der Waals surface area contributed by atoms with Crippen molar-refractivity contribution < 1.29 is 19.0 Å². The highest BCUT2D eigenvalue weighted by atomic mass is 32.2. The van der Waals surface area contributed by atoms with Crippen molar-refractivity contribution in [2.75, 3.05) is 19.5 Å². The molecule has 0 bridgehead atoms. The van der Waals surface area contributed by atoms with E-state index in [1.54, 1.807) is 31.4 Å². The van der Waals surface area contributed by atoms with E-state index < -0.39 is 6.10 Å². The summed E-state index contributed by atoms with van der Waals surface area (Å²) in [4.78, 5) is 12.7. The van der Waals surface area contributed by atoms with Crippen LogP contribution in [-0.2, 0) is 0 Å². The summed E-state index contributed by atoms with van der Waals surface area (Å²) in [5, 5.41) is 9.42. The number of ether oxygens (including phenoxy) is 3. The highest BCUT2D eigenvalue weighted by Gasteiger charge is 2.29. The number of carbonyl (C=O) groups excluding carboxylic acids is 1. The molecule has 0 N–H and O–H groups in total. The summed E-state index contributed by atoms with van der Waals surface area (Å²) >= 11 is 1.34. The molecule has 1 aliphatic heterocycles. The summed E-state index contributed by atoms with van der Waals surface area (Å²) in [5.74, 6) is 2.93. The fourth-order valence-electron chi connectivity index (χ4n) is 3.54. The van der Waals surface area contributed by atoms with E-state index in [0.717, 1.165) is 5.69 Å². The maximum Gasteiger partial charge on any atom is 0.196 e. The number of rotatable bonds is 7. The van der Waals surface area contributed by atoms with Crippen molar-refractivity contribution in [1.29, 1.82) is 0 Å². The summed E-state index contributed by atoms with van der Waals surface area (Å²) in [6.07, 6.45) is -0.431. The second-order valence-electron chi connectivity index (χ2n) is 7.32. The van der Waals surface area contributed by atoms with Gasteiger partial charge in [-0.2, -0.15) is 0 Å². The highest BCUT2D eigenvalue weighted by Crippen LogP contribution is 2.37. The molecule has 0 saturated heterocycles. The molecule has 8 heteroatoms. The first kappa shape index (κ1) is 21.1. The number of thioether (sulfide) groups is 1. The van der Waals surface area contributed by atoms with Crippen molar-refractivity contribution in [3.05, 3.63) is 90.3 Å². The average Bonchev–Trinajstić information content (AvgIpc) is 3.31. The Kier molecular flexibility index (Phi) is 5.99. The lowest BCUT2D eigenvalue weighted by Crippen LogP contribution is -2.24. The van der Waals surface area contributed by atoms with Gasteiger partial charge >= 0.3 is 0 Å². The van der Waals surface area contributed by atoms with Crippen LogP contribution in [0.3, 0.4) is 0 Å². The van der Waals surface area contributed by atoms with Crippen LogP contribution in [0.5, 0.6) is 17.2 Å². The van der Waals surface area contributed by atoms with Crippen LogP contribution in [0.15, 0.2) is 84.0 Å². The molecule has 0 saturated carbocycles. The van der Waals surface area contributed by atoms with E-state index in [-0.39, 0.29) is 11.5 Å². The van der Waals surface area contributed by atoms with E-state index in [4.69, 9.17) is 14.2 Å². The maximum atomic E-state index is 12.7. The number of para-hydroxylation sites is 3. The van der Waals surface area contributed by atoms with Gasteiger partial charge in [0.1, 0.15) is 12.4 Å². The zero-order valence-electron chi connectivity index (χ0n) is 17.9. The molecule has 0 unspecified atom stereocenters. The van der Waals surface area contributed by atoms with Gasteiger partial charge < -0.3 is 14.2 Å². The summed E-state index contributed by atoms with van der Waals surface area (Å²) in [6, 6.07) is 24.4. The number of fused-ring (bicyclic) bond motifs is 1. The largest absolute Gasteiger partial charge is 0.497 e. The first-order chi connectivity index (χ1) is 16.2. The van der Waals surface area contributed by atoms with E-state index in [1.165, 1.54) is 11.8 Å². The van der Waals surface area contributed by atoms with Gasteiger partial charge in [0.2, 0.25) is 0 Å². The van der Waals surface area contributed by atoms with Crippen molar-refractivity contribution in [3.8, 4) is 22.9 Å². The molecule has 1 atom stereocenters. The molecule has 1 aromatic heterocycles. The van der Waals surface area contributed by atoms with E-state index in [1.807, 2.05) is 59.2 Å². The Morgan fingerprint density at radius 2 is 1.73 bits per heavy atom. The van der Waals surface area contributed by atoms with Crippen LogP contribution >= 0.6 is 11.8 Å². The molecule has 4 aromatic rings. The van der Waals surface area contributed by atoms with Crippen molar-refractivity contribution >= 4 is 17.5 Å². The predicted octanol–water partition coefficient (Wildman–Crippen LogP) is 4.76. The molecule has 0 spiro atoms. The fourth-order valence-corrected chi connectivity index (χ4v) is 4.39. The summed E-state index contributed by atoms with van der Waals surface area (Å²) in [6.45, 7) is 0.317. The van der Waals surface area contributed by atoms with Crippen LogP contribution in [-0.4, -0.2) is 40.0 Å². The van der Waals surface area contributed by atoms with Crippen molar-refractivity contribution in [1.82, 2.24) is 14.8 Å². The molecule has 1 aliphatic rings. The van der Waals surface area contributed by atoms with Crippen LogP contribution in [0.4, 0.5) is 0 Å². The number of hydrogen-bond donors (Lipinski definition) is 0. The Morgan fingerprint density at radius 3 is 2.48 bits per heavy atom. The van der Waals surface area contributed by atoms with Gasteiger partial charge in [-0.15, -0.1) is 10.2 Å². The zero-order chi connectivity index (χ0) is 22.6. The molecule has 0 amide bonds. The van der Waals surface area contributed by atoms with E-state index in [2.05, 4.69) is 10.2 Å². The molecule has 2 heterocycles. The molecular formula is C25H21N3O4S. The minimum Gasteiger partial charge on any atom is -0.497 e. The first-order valence-corrected chi connectivity index (χ1v) is 11.4. The lowest BCUT2D eigenvalue weighted by molar-refractivity contribution is 0.0835. The SMILES string of the molecule is COc1ccc(C(=O)CSc2nnc([C@H]3COc4ccccc4O3)n2-c2ccccc2)cc1. The molecule has 0 fully saturated rings. The number of nitrogens with zero attached hydrogens (tertiary/aromatic N) is 3. The molecule has 33 heavy (non-hydrogen) atoms. The monoisotopic (exact) mass is 459 g/mol. The lowest BCUT2D eigenvalue weighted by Gasteiger charge is -2.26. The van der Waals surface area contributed by atoms with E-state index in [0.29, 0.717) is 40.4 Å². The Labute approximate surface area is 195 Å². The van der Waals surface area contributed by atoms with Crippen LogP contribution in [0.25, 0.3) is 5.69 Å². The standard InChI is InChI=1S/C25H21N3O4S/c1-30-19-13-11-17(12-14-19)20(29)16-33-25-27-26-24(28(25)18-7-3-2-4-8-18)23-15-31-21-9-5-6-10-22(21)32-23/h2-14,23H,15-16H2,1H3/t23-/m1/s1. The van der Waals surface area contributed by atoms with Gasteiger partial charge in [-0.1, -0.05) is 42.1 Å². The second-order valence-corrected chi connectivity index (χ2v) is 8.26. The molecule has 3 aromatic carbocycles. The predicted molar refractivity (Wildman–Crippen MR) is 125 cm³/mol. The quantitative estimate of drug-likeness (QED) is 0.291. The Balaban J connectivity index is 1.41. The van der Waals surface area contributed by atoms with E-state index in [9.17, 15) is 4.79 Å². The number of ketones is 1. The van der Waals surface area contributed by atoms with Gasteiger partial charge in [0.25, 0.3) is 0 Å². The number of benzene rings is 3. The summed E-state index contributed by atoms with van der Waals surface area (Å²) < 4.78 is 19.2. The van der Waals surface area contributed by atoms with Gasteiger partial charge in [0.05, 0.1) is 12.9 Å². The Morgan fingerprint density at radius 1 is 1.00 bits per heavy atom. The molecule has 5 rings (SSSR count). The third kappa shape index (κ3) is 4.42. The van der Waals surface area contributed by atoms with Gasteiger partial charge in [-0.05, 0) is 48.5 Å². The van der Waals surface area contributed by atoms with Crippen molar-refractivity contribution in [2.45, 2.75) is 11.3 Å². The topological polar surface area (TPSA) is 75.5 Å². The van der Waals surface area contributed by atoms with Crippen LogP contribution in [0.1, 0.15) is 22.3 Å². The molecule has 0 radical (unpaired) electrons. The minimum absolute atomic E-state index is 0.00186. The minimum atomic E-state index is -0.431. The second kappa shape index (κ2) is 9.38. The maximum absolute atomic E-state index is 12.7. The van der Waals surface area contributed by atoms with E-state index >= 15 is 0 Å². The number of methoxy groups -OCH3 is 1. The highest BCUT2D eigenvalue weighted by molar-refractivity contribution is 7.99. The first-order valence-electron chi connectivity index (χ1n) is 10.4. The number of aromatic nitrogens is 3. The van der Waals surface area contributed by atoms with Gasteiger partial charge in [-0.25, -0.2) is 0 Å². The van der Waals surface area contributed by atoms with Gasteiger partial charge in [-0.3, -0.25) is 9.36 Å². The third-order valence-corrected chi connectivity index (χ3v) is 6.14. The molecular weight excluding hydrogens is 438 g/mol. The normalized spacial score (nSPS) is 14.6. The Hall–Kier alpha value is -3.78. The third-order valence-electron chi connectivity index (χ3n) is 5.21. The number of hydrogen-bond acceptors (Lipinski definition) is 7. The zero-order valence-corrected chi connectivity index (χ0v) is 18.7. The van der Waals surface area contributed by atoms with Gasteiger partial charge in [0, 0.05) is 11.3 Å². The van der Waals surface area contributed by atoms with Crippen LogP contribution in [0.2, 0.25) is 0 Å². The number of Topliss-reactive ketones (excluding diaryl/α,β-unsaturated/α-hetero) is 1. The summed E-state index contributed by atoms with van der Waals surface area (Å²) in [7, 11) is 1.60. The van der Waals surface area contributed by atoms with Crippen LogP contribution in [0, 0.1) is 0 Å². The van der Waals surface area contributed by atoms with Crippen molar-refractivity contribution in [3.63, 3.8) is 0 Å². The summed E-state index contributed by atoms with van der Waals surface area (Å²) in [5.41, 5.74) is 1.51. The smallest absolute Gasteiger partial charge is 0.196 e. The Bertz CT molecular complexity index is 1260. The van der Waals surface area contributed by atoms with Gasteiger partial charge in [0.15, 0.2) is 34.4 Å². The fraction of sp³-hybridized carbons (Fsp3) is 0.160.